The summed E-state index contributed by atoms with van der Waals surface area (Å²) in [7, 11) is 1.66. The van der Waals surface area contributed by atoms with Crippen LogP contribution >= 0.6 is 0 Å². The van der Waals surface area contributed by atoms with Gasteiger partial charge in [-0.2, -0.15) is 0 Å². The van der Waals surface area contributed by atoms with Gasteiger partial charge < -0.3 is 15.0 Å². The lowest BCUT2D eigenvalue weighted by molar-refractivity contribution is -0.122. The molecule has 27 heavy (non-hydrogen) atoms. The van der Waals surface area contributed by atoms with E-state index in [0.29, 0.717) is 19.4 Å². The fraction of sp³-hybridized carbons (Fsp3) is 0.300. The highest BCUT2D eigenvalue weighted by molar-refractivity contribution is 5.82. The van der Waals surface area contributed by atoms with E-state index in [2.05, 4.69) is 26.1 Å². The number of nitrogens with one attached hydrogen (secondary N) is 4. The van der Waals surface area contributed by atoms with Crippen LogP contribution < -0.4 is 20.9 Å². The number of carbonyl (C=O) groups is 1. The maximum atomic E-state index is 12.5. The number of aromatic amines is 1. The zero-order chi connectivity index (χ0) is 18.6. The molecule has 2 heterocycles. The number of carbonyl (C=O) groups excluding carboxylic acids is 1. The Morgan fingerprint density at radius 1 is 1.19 bits per heavy atom. The van der Waals surface area contributed by atoms with Crippen LogP contribution in [0.5, 0.6) is 5.75 Å². The van der Waals surface area contributed by atoms with Crippen molar-refractivity contribution in [2.24, 2.45) is 0 Å². The molecule has 0 bridgehead atoms. The third-order valence-corrected chi connectivity index (χ3v) is 4.83. The standard InChI is InChI=1S/C20H23N5O2/c1-27-18-9-5-2-6-13(18)16-12-17(25-24-16)20(26)21-11-10-19-22-14-7-3-4-8-15(14)23-19/h2-9,16-17,24-25H,10-12H2,1H3,(H,21,26)(H,22,23). The fourth-order valence-corrected chi connectivity index (χ4v) is 3.44. The number of benzene rings is 2. The van der Waals surface area contributed by atoms with Gasteiger partial charge in [0.2, 0.25) is 5.91 Å². The first-order chi connectivity index (χ1) is 13.2. The normalized spacial score (nSPS) is 19.3. The summed E-state index contributed by atoms with van der Waals surface area (Å²) in [6.07, 6.45) is 1.33. The third kappa shape index (κ3) is 3.79. The van der Waals surface area contributed by atoms with Crippen LogP contribution in [0, 0.1) is 0 Å². The molecule has 7 heteroatoms. The molecule has 7 nitrogen and oxygen atoms in total. The Morgan fingerprint density at radius 2 is 2.00 bits per heavy atom. The average Bonchev–Trinajstić information content (AvgIpc) is 3.34. The summed E-state index contributed by atoms with van der Waals surface area (Å²) in [5.74, 6) is 1.68. The van der Waals surface area contributed by atoms with Crippen LogP contribution in [0.4, 0.5) is 0 Å². The highest BCUT2D eigenvalue weighted by Crippen LogP contribution is 2.29. The second kappa shape index (κ2) is 7.77. The number of hydrogen-bond acceptors (Lipinski definition) is 5. The van der Waals surface area contributed by atoms with Crippen molar-refractivity contribution in [3.63, 3.8) is 0 Å². The molecule has 4 N–H and O–H groups in total. The minimum Gasteiger partial charge on any atom is -0.496 e. The summed E-state index contributed by atoms with van der Waals surface area (Å²) in [6, 6.07) is 15.5. The summed E-state index contributed by atoms with van der Waals surface area (Å²) in [5, 5.41) is 2.99. The van der Waals surface area contributed by atoms with Crippen LogP contribution in [0.25, 0.3) is 11.0 Å². The van der Waals surface area contributed by atoms with E-state index in [1.54, 1.807) is 7.11 Å². The maximum Gasteiger partial charge on any atom is 0.238 e. The molecule has 2 unspecified atom stereocenters. The van der Waals surface area contributed by atoms with Gasteiger partial charge >= 0.3 is 0 Å². The van der Waals surface area contributed by atoms with Crippen LogP contribution in [0.2, 0.25) is 0 Å². The second-order valence-electron chi connectivity index (χ2n) is 6.61. The Kier molecular flexibility index (Phi) is 5.04. The lowest BCUT2D eigenvalue weighted by atomic mass is 10.0. The van der Waals surface area contributed by atoms with E-state index in [0.717, 1.165) is 28.2 Å². The van der Waals surface area contributed by atoms with Crippen molar-refractivity contribution >= 4 is 16.9 Å². The predicted molar refractivity (Wildman–Crippen MR) is 103 cm³/mol. The van der Waals surface area contributed by atoms with E-state index in [9.17, 15) is 4.79 Å². The first-order valence-electron chi connectivity index (χ1n) is 9.10. The number of fused-ring (bicyclic) bond motifs is 1. The lowest BCUT2D eigenvalue weighted by Crippen LogP contribution is -2.43. The van der Waals surface area contributed by atoms with Gasteiger partial charge in [-0.1, -0.05) is 30.3 Å². The van der Waals surface area contributed by atoms with Crippen LogP contribution in [-0.2, 0) is 11.2 Å². The van der Waals surface area contributed by atoms with Crippen molar-refractivity contribution < 1.29 is 9.53 Å². The quantitative estimate of drug-likeness (QED) is 0.535. The number of hydrogen-bond donors (Lipinski definition) is 4. The Labute approximate surface area is 157 Å². The highest BCUT2D eigenvalue weighted by atomic mass is 16.5. The Balaban J connectivity index is 1.30. The number of aromatic nitrogens is 2. The molecule has 2 atom stereocenters. The summed E-state index contributed by atoms with van der Waals surface area (Å²) >= 11 is 0. The molecule has 1 fully saturated rings. The van der Waals surface area contributed by atoms with Gasteiger partial charge in [-0.25, -0.2) is 15.8 Å². The molecule has 1 saturated heterocycles. The number of nitrogens with zero attached hydrogens (tertiary/aromatic N) is 1. The van der Waals surface area contributed by atoms with E-state index in [1.807, 2.05) is 48.5 Å². The van der Waals surface area contributed by atoms with Crippen molar-refractivity contribution in [3.8, 4) is 5.75 Å². The molecule has 1 aliphatic heterocycles. The predicted octanol–water partition coefficient (Wildman–Crippen LogP) is 1.84. The minimum absolute atomic E-state index is 0.0176. The minimum atomic E-state index is -0.282. The first kappa shape index (κ1) is 17.5. The van der Waals surface area contributed by atoms with Crippen molar-refractivity contribution in [1.82, 2.24) is 26.1 Å². The number of amides is 1. The van der Waals surface area contributed by atoms with Gasteiger partial charge in [-0.05, 0) is 24.6 Å². The van der Waals surface area contributed by atoms with Gasteiger partial charge in [0.15, 0.2) is 0 Å². The summed E-state index contributed by atoms with van der Waals surface area (Å²) in [5.41, 5.74) is 9.29. The molecule has 1 amide bonds. The van der Waals surface area contributed by atoms with Crippen LogP contribution in [0.15, 0.2) is 48.5 Å². The van der Waals surface area contributed by atoms with E-state index in [1.165, 1.54) is 0 Å². The molecular formula is C20H23N5O2. The van der Waals surface area contributed by atoms with Gasteiger partial charge in [-0.3, -0.25) is 4.79 Å². The van der Waals surface area contributed by atoms with Crippen molar-refractivity contribution in [3.05, 3.63) is 59.9 Å². The van der Waals surface area contributed by atoms with E-state index >= 15 is 0 Å². The highest BCUT2D eigenvalue weighted by Gasteiger charge is 2.31. The zero-order valence-corrected chi connectivity index (χ0v) is 15.2. The van der Waals surface area contributed by atoms with Gasteiger partial charge in [0.1, 0.15) is 17.6 Å². The van der Waals surface area contributed by atoms with E-state index in [4.69, 9.17) is 4.74 Å². The van der Waals surface area contributed by atoms with E-state index < -0.39 is 0 Å². The molecule has 140 valence electrons. The molecule has 3 aromatic rings. The smallest absolute Gasteiger partial charge is 0.238 e. The van der Waals surface area contributed by atoms with Crippen LogP contribution in [-0.4, -0.2) is 35.6 Å². The molecule has 0 aliphatic carbocycles. The topological polar surface area (TPSA) is 91.1 Å². The molecule has 1 aromatic heterocycles. The summed E-state index contributed by atoms with van der Waals surface area (Å²) < 4.78 is 5.41. The number of H-pyrrole nitrogens is 1. The summed E-state index contributed by atoms with van der Waals surface area (Å²) in [6.45, 7) is 0.538. The second-order valence-corrected chi connectivity index (χ2v) is 6.61. The Bertz CT molecular complexity index is 906. The number of hydrazine groups is 1. The largest absolute Gasteiger partial charge is 0.496 e. The number of rotatable bonds is 6. The van der Waals surface area contributed by atoms with Crippen LogP contribution in [0.1, 0.15) is 23.9 Å². The number of ether oxygens (including phenoxy) is 1. The summed E-state index contributed by atoms with van der Waals surface area (Å²) in [4.78, 5) is 20.3. The van der Waals surface area contributed by atoms with Gasteiger partial charge in [0, 0.05) is 18.5 Å². The average molecular weight is 365 g/mol. The van der Waals surface area contributed by atoms with Gasteiger partial charge in [-0.15, -0.1) is 0 Å². The fourth-order valence-electron chi connectivity index (χ4n) is 3.44. The van der Waals surface area contributed by atoms with E-state index in [-0.39, 0.29) is 18.0 Å². The zero-order valence-electron chi connectivity index (χ0n) is 15.2. The SMILES string of the molecule is COc1ccccc1C1CC(C(=O)NCCc2nc3ccccc3[nH]2)NN1. The van der Waals surface area contributed by atoms with Crippen molar-refractivity contribution in [1.29, 1.82) is 0 Å². The maximum absolute atomic E-state index is 12.5. The molecule has 0 saturated carbocycles. The molecular weight excluding hydrogens is 342 g/mol. The Hall–Kier alpha value is -2.90. The third-order valence-electron chi connectivity index (χ3n) is 4.83. The lowest BCUT2D eigenvalue weighted by Gasteiger charge is -2.13. The van der Waals surface area contributed by atoms with Crippen LogP contribution in [0.3, 0.4) is 0 Å². The molecule has 4 rings (SSSR count). The monoisotopic (exact) mass is 365 g/mol. The molecule has 0 radical (unpaired) electrons. The Morgan fingerprint density at radius 3 is 2.85 bits per heavy atom. The van der Waals surface area contributed by atoms with Crippen molar-refractivity contribution in [2.75, 3.05) is 13.7 Å². The van der Waals surface area contributed by atoms with Gasteiger partial charge in [0.05, 0.1) is 24.2 Å². The number of methoxy groups -OCH3 is 1. The first-order valence-corrected chi connectivity index (χ1v) is 9.10. The van der Waals surface area contributed by atoms with Crippen molar-refractivity contribution in [2.45, 2.75) is 24.9 Å². The molecule has 1 aliphatic rings. The van der Waals surface area contributed by atoms with Gasteiger partial charge in [0.25, 0.3) is 0 Å². The number of imidazole rings is 1. The molecule has 2 aromatic carbocycles. The number of para-hydroxylation sites is 3. The molecule has 0 spiro atoms.